The first kappa shape index (κ1) is 15.3. The van der Waals surface area contributed by atoms with Crippen LogP contribution in [0.3, 0.4) is 0 Å². The van der Waals surface area contributed by atoms with Gasteiger partial charge in [-0.3, -0.25) is 0 Å². The van der Waals surface area contributed by atoms with Crippen LogP contribution in [0.5, 0.6) is 5.75 Å². The first-order valence-corrected chi connectivity index (χ1v) is 7.41. The first-order valence-electron chi connectivity index (χ1n) is 6.65. The minimum atomic E-state index is 0.288. The number of hydrogen-bond donors (Lipinski definition) is 1. The molecule has 23 heavy (non-hydrogen) atoms. The Bertz CT molecular complexity index is 869. The topological polar surface area (TPSA) is 74.6 Å². The van der Waals surface area contributed by atoms with Crippen LogP contribution in [0.1, 0.15) is 11.3 Å². The Morgan fingerprint density at radius 3 is 2.61 bits per heavy atom. The van der Waals surface area contributed by atoms with E-state index in [1.54, 1.807) is 30.3 Å². The number of nitrogens with one attached hydrogen (secondary N) is 1. The van der Waals surface area contributed by atoms with Gasteiger partial charge in [-0.05, 0) is 35.9 Å². The van der Waals surface area contributed by atoms with Gasteiger partial charge in [0.1, 0.15) is 24.1 Å². The molecule has 1 heterocycles. The Labute approximate surface area is 142 Å². The fourth-order valence-corrected chi connectivity index (χ4v) is 2.38. The average molecular weight is 345 g/mol. The van der Waals surface area contributed by atoms with Gasteiger partial charge in [-0.15, -0.1) is 5.10 Å². The maximum absolute atomic E-state index is 8.99. The number of hydrogen-bond acceptors (Lipinski definition) is 4. The molecule has 0 aliphatic carbocycles. The van der Waals surface area contributed by atoms with Crippen LogP contribution in [0.25, 0.3) is 11.3 Å². The van der Waals surface area contributed by atoms with Crippen LogP contribution in [-0.2, 0) is 6.61 Å². The van der Waals surface area contributed by atoms with Crippen molar-refractivity contribution in [3.63, 3.8) is 0 Å². The van der Waals surface area contributed by atoms with E-state index in [1.807, 2.05) is 18.2 Å². The fraction of sp³-hybridized carbons (Fsp3) is 0.0625. The summed E-state index contributed by atoms with van der Waals surface area (Å²) in [6.45, 7) is 0.379. The molecule has 1 N–H and O–H groups in total. The van der Waals surface area contributed by atoms with Gasteiger partial charge in [-0.1, -0.05) is 40.5 Å². The zero-order valence-electron chi connectivity index (χ0n) is 11.8. The van der Waals surface area contributed by atoms with Gasteiger partial charge < -0.3 is 4.74 Å². The predicted octanol–water partition coefficient (Wildman–Crippen LogP) is 4.23. The van der Waals surface area contributed by atoms with E-state index in [4.69, 9.17) is 33.2 Å². The molecule has 0 atom stereocenters. The molecule has 0 bridgehead atoms. The van der Waals surface area contributed by atoms with Crippen molar-refractivity contribution >= 4 is 23.2 Å². The smallest absolute Gasteiger partial charge is 0.163 e. The van der Waals surface area contributed by atoms with Crippen LogP contribution >= 0.6 is 23.2 Å². The van der Waals surface area contributed by atoms with E-state index in [2.05, 4.69) is 15.4 Å². The second-order valence-corrected chi connectivity index (χ2v) is 5.55. The molecule has 114 valence electrons. The van der Waals surface area contributed by atoms with Gasteiger partial charge in [0, 0.05) is 10.6 Å². The summed E-state index contributed by atoms with van der Waals surface area (Å²) in [6, 6.07) is 14.6. The maximum atomic E-state index is 8.99. The van der Waals surface area contributed by atoms with E-state index in [-0.39, 0.29) is 5.69 Å². The molecule has 0 radical (unpaired) electrons. The molecule has 0 aliphatic heterocycles. The fourth-order valence-electron chi connectivity index (χ4n) is 2.01. The molecule has 1 aromatic heterocycles. The Morgan fingerprint density at radius 2 is 1.91 bits per heavy atom. The molecule has 0 saturated heterocycles. The van der Waals surface area contributed by atoms with Gasteiger partial charge in [0.2, 0.25) is 0 Å². The third kappa shape index (κ3) is 3.45. The van der Waals surface area contributed by atoms with Gasteiger partial charge in [0.25, 0.3) is 0 Å². The number of H-pyrrole nitrogens is 1. The zero-order chi connectivity index (χ0) is 16.2. The molecule has 3 rings (SSSR count). The highest BCUT2D eigenvalue weighted by molar-refractivity contribution is 6.32. The number of nitrogens with zero attached hydrogens (tertiary/aromatic N) is 3. The SMILES string of the molecule is N#Cc1[nH]nnc1-c1ccc(OCc2ccc(Cl)cc2)c(Cl)c1. The number of nitriles is 1. The number of aromatic nitrogens is 3. The van der Waals surface area contributed by atoms with Gasteiger partial charge in [-0.25, -0.2) is 5.10 Å². The van der Waals surface area contributed by atoms with Crippen LogP contribution in [-0.4, -0.2) is 15.4 Å². The summed E-state index contributed by atoms with van der Waals surface area (Å²) < 4.78 is 5.71. The zero-order valence-corrected chi connectivity index (χ0v) is 13.3. The standard InChI is InChI=1S/C16H10Cl2N4O/c17-12-4-1-10(2-5-12)9-23-15-6-3-11(7-13(15)18)16-14(8-19)20-22-21-16/h1-7H,9H2,(H,20,21,22). The number of halogens is 2. The maximum Gasteiger partial charge on any atom is 0.163 e. The summed E-state index contributed by atoms with van der Waals surface area (Å²) in [7, 11) is 0. The van der Waals surface area contributed by atoms with Crippen LogP contribution in [0.2, 0.25) is 10.0 Å². The summed E-state index contributed by atoms with van der Waals surface area (Å²) in [5.74, 6) is 0.548. The van der Waals surface area contributed by atoms with Crippen molar-refractivity contribution in [1.29, 1.82) is 5.26 Å². The number of benzene rings is 2. The van der Waals surface area contributed by atoms with E-state index >= 15 is 0 Å². The van der Waals surface area contributed by atoms with Crippen molar-refractivity contribution in [2.24, 2.45) is 0 Å². The van der Waals surface area contributed by atoms with Crippen molar-refractivity contribution in [2.75, 3.05) is 0 Å². The lowest BCUT2D eigenvalue weighted by molar-refractivity contribution is 0.306. The minimum Gasteiger partial charge on any atom is -0.487 e. The lowest BCUT2D eigenvalue weighted by atomic mass is 10.1. The van der Waals surface area contributed by atoms with Crippen molar-refractivity contribution < 1.29 is 4.74 Å². The lowest BCUT2D eigenvalue weighted by Crippen LogP contribution is -1.96. The van der Waals surface area contributed by atoms with Crippen LogP contribution < -0.4 is 4.74 Å². The molecule has 2 aromatic carbocycles. The third-order valence-corrected chi connectivity index (χ3v) is 3.72. The molecular formula is C16H10Cl2N4O. The van der Waals surface area contributed by atoms with E-state index in [9.17, 15) is 0 Å². The Morgan fingerprint density at radius 1 is 1.13 bits per heavy atom. The van der Waals surface area contributed by atoms with E-state index in [1.165, 1.54) is 0 Å². The second kappa shape index (κ2) is 6.69. The molecule has 0 saturated carbocycles. The molecule has 0 spiro atoms. The second-order valence-electron chi connectivity index (χ2n) is 4.71. The summed E-state index contributed by atoms with van der Waals surface area (Å²) in [5.41, 5.74) is 2.42. The summed E-state index contributed by atoms with van der Waals surface area (Å²) in [6.07, 6.45) is 0. The van der Waals surface area contributed by atoms with Crippen LogP contribution in [0.15, 0.2) is 42.5 Å². The number of ether oxygens (including phenoxy) is 1. The molecule has 0 aliphatic rings. The summed E-state index contributed by atoms with van der Waals surface area (Å²) >= 11 is 12.1. The van der Waals surface area contributed by atoms with Crippen molar-refractivity contribution in [3.05, 3.63) is 63.8 Å². The van der Waals surface area contributed by atoms with E-state index in [0.717, 1.165) is 5.56 Å². The molecule has 0 amide bonds. The molecule has 0 unspecified atom stereocenters. The minimum absolute atomic E-state index is 0.288. The number of rotatable bonds is 4. The monoisotopic (exact) mass is 344 g/mol. The van der Waals surface area contributed by atoms with Crippen LogP contribution in [0.4, 0.5) is 0 Å². The molecule has 5 nitrogen and oxygen atoms in total. The number of aromatic amines is 1. The normalized spacial score (nSPS) is 10.3. The van der Waals surface area contributed by atoms with Gasteiger partial charge in [0.05, 0.1) is 5.02 Å². The molecular weight excluding hydrogens is 335 g/mol. The van der Waals surface area contributed by atoms with Crippen LogP contribution in [0, 0.1) is 11.3 Å². The lowest BCUT2D eigenvalue weighted by Gasteiger charge is -2.09. The Balaban J connectivity index is 1.77. The largest absolute Gasteiger partial charge is 0.487 e. The van der Waals surface area contributed by atoms with E-state index < -0.39 is 0 Å². The highest BCUT2D eigenvalue weighted by Gasteiger charge is 2.12. The molecule has 7 heteroatoms. The quantitative estimate of drug-likeness (QED) is 0.768. The van der Waals surface area contributed by atoms with E-state index in [0.29, 0.717) is 33.7 Å². The summed E-state index contributed by atoms with van der Waals surface area (Å²) in [5, 5.41) is 20.1. The average Bonchev–Trinajstić information content (AvgIpc) is 3.04. The van der Waals surface area contributed by atoms with Crippen molar-refractivity contribution in [1.82, 2.24) is 15.4 Å². The Hall–Kier alpha value is -2.55. The van der Waals surface area contributed by atoms with Crippen molar-refractivity contribution in [3.8, 4) is 23.1 Å². The summed E-state index contributed by atoms with van der Waals surface area (Å²) in [4.78, 5) is 0. The molecule has 3 aromatic rings. The van der Waals surface area contributed by atoms with Gasteiger partial charge in [-0.2, -0.15) is 5.26 Å². The van der Waals surface area contributed by atoms with Gasteiger partial charge in [0.15, 0.2) is 5.69 Å². The van der Waals surface area contributed by atoms with Crippen molar-refractivity contribution in [2.45, 2.75) is 6.61 Å². The highest BCUT2D eigenvalue weighted by Crippen LogP contribution is 2.31. The van der Waals surface area contributed by atoms with Gasteiger partial charge >= 0.3 is 0 Å². The molecule has 0 fully saturated rings. The first-order chi connectivity index (χ1) is 11.2. The Kier molecular flexibility index (Phi) is 4.47. The highest BCUT2D eigenvalue weighted by atomic mass is 35.5. The predicted molar refractivity (Wildman–Crippen MR) is 87.3 cm³/mol. The third-order valence-electron chi connectivity index (χ3n) is 3.17.